The lowest BCUT2D eigenvalue weighted by Gasteiger charge is -2.08. The molecule has 0 spiro atoms. The molecule has 0 unspecified atom stereocenters. The molecule has 5 nitrogen and oxygen atoms in total. The molecular formula is C18H23ClN4OS. The predicted octanol–water partition coefficient (Wildman–Crippen LogP) is 5.06. The zero-order chi connectivity index (χ0) is 17.8. The van der Waals surface area contributed by atoms with Gasteiger partial charge in [-0.25, -0.2) is 9.78 Å². The number of urea groups is 1. The van der Waals surface area contributed by atoms with Crippen LogP contribution in [0, 0.1) is 5.92 Å². The molecule has 1 aliphatic rings. The molecule has 0 radical (unpaired) electrons. The number of carbonyl (C=O) groups is 1. The fourth-order valence-corrected chi connectivity index (χ4v) is 3.48. The van der Waals surface area contributed by atoms with Gasteiger partial charge in [0.05, 0.1) is 5.69 Å². The number of hydrogen-bond acceptors (Lipinski definition) is 4. The summed E-state index contributed by atoms with van der Waals surface area (Å²) in [6.07, 6.45) is 2.39. The number of benzene rings is 1. The highest BCUT2D eigenvalue weighted by Gasteiger charge is 2.24. The zero-order valence-electron chi connectivity index (χ0n) is 14.4. The molecule has 134 valence electrons. The maximum atomic E-state index is 12.2. The Hall–Kier alpha value is -1.63. The summed E-state index contributed by atoms with van der Waals surface area (Å²) in [6, 6.07) is 5.42. The largest absolute Gasteiger partial charge is 0.325 e. The summed E-state index contributed by atoms with van der Waals surface area (Å²) in [5.74, 6) is 1.18. The molecule has 3 N–H and O–H groups in total. The second-order valence-corrected chi connectivity index (χ2v) is 8.09. The molecule has 1 saturated carbocycles. The van der Waals surface area contributed by atoms with Crippen LogP contribution in [0.1, 0.15) is 43.9 Å². The zero-order valence-corrected chi connectivity index (χ0v) is 16.0. The van der Waals surface area contributed by atoms with Crippen LogP contribution in [0.4, 0.5) is 15.6 Å². The van der Waals surface area contributed by atoms with Crippen LogP contribution in [0.5, 0.6) is 0 Å². The van der Waals surface area contributed by atoms with E-state index in [0.717, 1.165) is 12.2 Å². The molecule has 0 saturated heterocycles. The summed E-state index contributed by atoms with van der Waals surface area (Å²) in [7, 11) is 0. The van der Waals surface area contributed by atoms with E-state index in [2.05, 4.69) is 34.8 Å². The Kier molecular flexibility index (Phi) is 5.93. The lowest BCUT2D eigenvalue weighted by Crippen LogP contribution is -2.20. The van der Waals surface area contributed by atoms with Crippen molar-refractivity contribution in [2.75, 3.05) is 17.2 Å². The van der Waals surface area contributed by atoms with E-state index in [-0.39, 0.29) is 6.03 Å². The number of halogens is 1. The summed E-state index contributed by atoms with van der Waals surface area (Å²) in [6.45, 7) is 5.97. The summed E-state index contributed by atoms with van der Waals surface area (Å²) in [5, 5.41) is 12.1. The first kappa shape index (κ1) is 18.2. The second kappa shape index (κ2) is 8.17. The van der Waals surface area contributed by atoms with Gasteiger partial charge in [-0.15, -0.1) is 11.3 Å². The van der Waals surface area contributed by atoms with Crippen molar-refractivity contribution < 1.29 is 4.79 Å². The number of hydrogen-bond donors (Lipinski definition) is 3. The van der Waals surface area contributed by atoms with Gasteiger partial charge in [0.2, 0.25) is 0 Å². The molecule has 1 heterocycles. The number of rotatable bonds is 7. The quantitative estimate of drug-likeness (QED) is 0.630. The van der Waals surface area contributed by atoms with Gasteiger partial charge in [0, 0.05) is 22.6 Å². The summed E-state index contributed by atoms with van der Waals surface area (Å²) < 4.78 is 0. The standard InChI is InChI=1S/C18H23ClN4OS/c1-11(2)8-20-9-16-10-25-18(22-16)23-17(24)21-15-6-13(12-3-4-12)5-14(19)7-15/h5-7,10-12,20H,3-4,8-9H2,1-2H3,(H2,21,22,23,24). The van der Waals surface area contributed by atoms with Crippen LogP contribution in [-0.4, -0.2) is 17.6 Å². The Morgan fingerprint density at radius 3 is 2.84 bits per heavy atom. The molecule has 25 heavy (non-hydrogen) atoms. The molecule has 3 rings (SSSR count). The van der Waals surface area contributed by atoms with Gasteiger partial charge in [-0.05, 0) is 55.0 Å². The average molecular weight is 379 g/mol. The fraction of sp³-hybridized carbons (Fsp3) is 0.444. The molecule has 0 bridgehead atoms. The Morgan fingerprint density at radius 1 is 1.32 bits per heavy atom. The minimum absolute atomic E-state index is 0.306. The van der Waals surface area contributed by atoms with E-state index in [1.807, 2.05) is 17.5 Å². The predicted molar refractivity (Wildman–Crippen MR) is 105 cm³/mol. The van der Waals surface area contributed by atoms with E-state index in [1.54, 1.807) is 6.07 Å². The normalized spacial score (nSPS) is 13.9. The van der Waals surface area contributed by atoms with Crippen LogP contribution >= 0.6 is 22.9 Å². The van der Waals surface area contributed by atoms with Crippen molar-refractivity contribution in [1.82, 2.24) is 10.3 Å². The van der Waals surface area contributed by atoms with E-state index in [4.69, 9.17) is 11.6 Å². The van der Waals surface area contributed by atoms with Crippen LogP contribution in [0.2, 0.25) is 5.02 Å². The molecule has 2 aromatic rings. The van der Waals surface area contributed by atoms with Crippen molar-refractivity contribution in [3.8, 4) is 0 Å². The van der Waals surface area contributed by atoms with Crippen LogP contribution in [0.25, 0.3) is 0 Å². The third-order valence-electron chi connectivity index (χ3n) is 3.86. The van der Waals surface area contributed by atoms with Crippen molar-refractivity contribution in [3.05, 3.63) is 39.9 Å². The minimum Gasteiger partial charge on any atom is -0.311 e. The van der Waals surface area contributed by atoms with E-state index in [1.165, 1.54) is 29.7 Å². The van der Waals surface area contributed by atoms with E-state index in [0.29, 0.717) is 34.2 Å². The second-order valence-electron chi connectivity index (χ2n) is 6.80. The third kappa shape index (κ3) is 5.70. The van der Waals surface area contributed by atoms with Gasteiger partial charge in [0.1, 0.15) is 0 Å². The third-order valence-corrected chi connectivity index (χ3v) is 4.88. The van der Waals surface area contributed by atoms with Crippen molar-refractivity contribution >= 4 is 39.8 Å². The number of anilines is 2. The van der Waals surface area contributed by atoms with E-state index in [9.17, 15) is 4.79 Å². The number of amides is 2. The van der Waals surface area contributed by atoms with Gasteiger partial charge >= 0.3 is 6.03 Å². The number of thiazole rings is 1. The number of nitrogens with zero attached hydrogens (tertiary/aromatic N) is 1. The first-order valence-corrected chi connectivity index (χ1v) is 9.79. The number of aromatic nitrogens is 1. The highest BCUT2D eigenvalue weighted by atomic mass is 35.5. The van der Waals surface area contributed by atoms with Crippen molar-refractivity contribution in [1.29, 1.82) is 0 Å². The van der Waals surface area contributed by atoms with E-state index >= 15 is 0 Å². The molecule has 1 aromatic carbocycles. The van der Waals surface area contributed by atoms with Crippen molar-refractivity contribution in [2.45, 2.75) is 39.2 Å². The van der Waals surface area contributed by atoms with Gasteiger partial charge in [-0.1, -0.05) is 25.4 Å². The van der Waals surface area contributed by atoms with Crippen LogP contribution < -0.4 is 16.0 Å². The highest BCUT2D eigenvalue weighted by Crippen LogP contribution is 2.41. The van der Waals surface area contributed by atoms with Crippen LogP contribution in [0.15, 0.2) is 23.6 Å². The highest BCUT2D eigenvalue weighted by molar-refractivity contribution is 7.13. The summed E-state index contributed by atoms with van der Waals surface area (Å²) in [4.78, 5) is 16.6. The molecule has 0 aliphatic heterocycles. The molecule has 1 fully saturated rings. The average Bonchev–Trinajstić information content (AvgIpc) is 3.28. The lowest BCUT2D eigenvalue weighted by atomic mass is 10.1. The summed E-state index contributed by atoms with van der Waals surface area (Å²) >= 11 is 7.57. The van der Waals surface area contributed by atoms with Crippen LogP contribution in [0.3, 0.4) is 0 Å². The molecule has 2 amide bonds. The maximum absolute atomic E-state index is 12.2. The first-order chi connectivity index (χ1) is 12.0. The van der Waals surface area contributed by atoms with Crippen LogP contribution in [-0.2, 0) is 6.54 Å². The number of nitrogens with one attached hydrogen (secondary N) is 3. The van der Waals surface area contributed by atoms with E-state index < -0.39 is 0 Å². The van der Waals surface area contributed by atoms with Gasteiger partial charge in [-0.3, -0.25) is 5.32 Å². The number of carbonyl (C=O) groups excluding carboxylic acids is 1. The van der Waals surface area contributed by atoms with Gasteiger partial charge in [-0.2, -0.15) is 0 Å². The smallest absolute Gasteiger partial charge is 0.311 e. The topological polar surface area (TPSA) is 66.0 Å². The minimum atomic E-state index is -0.306. The van der Waals surface area contributed by atoms with Gasteiger partial charge in [0.25, 0.3) is 0 Å². The maximum Gasteiger partial charge on any atom is 0.325 e. The molecule has 7 heteroatoms. The fourth-order valence-electron chi connectivity index (χ4n) is 2.53. The van der Waals surface area contributed by atoms with Gasteiger partial charge < -0.3 is 10.6 Å². The van der Waals surface area contributed by atoms with Gasteiger partial charge in [0.15, 0.2) is 5.13 Å². The summed E-state index contributed by atoms with van der Waals surface area (Å²) in [5.41, 5.74) is 2.83. The monoisotopic (exact) mass is 378 g/mol. The molecule has 1 aliphatic carbocycles. The Bertz CT molecular complexity index is 742. The Balaban J connectivity index is 1.53. The molecular weight excluding hydrogens is 356 g/mol. The Labute approximate surface area is 157 Å². The molecule has 0 atom stereocenters. The van der Waals surface area contributed by atoms with Crippen molar-refractivity contribution in [3.63, 3.8) is 0 Å². The molecule has 1 aromatic heterocycles. The van der Waals surface area contributed by atoms with Crippen molar-refractivity contribution in [2.24, 2.45) is 5.92 Å². The Morgan fingerprint density at radius 2 is 2.12 bits per heavy atom. The lowest BCUT2D eigenvalue weighted by molar-refractivity contribution is 0.262. The SMILES string of the molecule is CC(C)CNCc1csc(NC(=O)Nc2cc(Cl)cc(C3CC3)c2)n1. The first-order valence-electron chi connectivity index (χ1n) is 8.53.